The summed E-state index contributed by atoms with van der Waals surface area (Å²) in [5, 5.41) is 0.680. The number of hydrogen-bond acceptors (Lipinski definition) is 2. The molecule has 2 aromatic heterocycles. The number of aromatic nitrogens is 2. The summed E-state index contributed by atoms with van der Waals surface area (Å²) in [6.45, 7) is 2.03. The molecule has 1 amide bonds. The lowest BCUT2D eigenvalue weighted by Gasteiger charge is -2.27. The number of amides is 1. The van der Waals surface area contributed by atoms with Crippen molar-refractivity contribution in [2.45, 2.75) is 25.3 Å². The van der Waals surface area contributed by atoms with Gasteiger partial charge >= 0.3 is 0 Å². The topological polar surface area (TPSA) is 38.1 Å². The highest BCUT2D eigenvalue weighted by Crippen LogP contribution is 2.54. The van der Waals surface area contributed by atoms with Crippen LogP contribution in [0.2, 0.25) is 5.02 Å². The number of pyridine rings is 1. The van der Waals surface area contributed by atoms with Gasteiger partial charge in [0.1, 0.15) is 5.69 Å². The van der Waals surface area contributed by atoms with Gasteiger partial charge in [-0.05, 0) is 61.2 Å². The monoisotopic (exact) mass is 439 g/mol. The SMILES string of the molecule is Cc1ncccc1-c1ccc2c(c1)-n1cc(-c3cccc(Cl)c3)cc1C(=O)N(C)C21CC1. The van der Waals surface area contributed by atoms with Crippen LogP contribution in [0.4, 0.5) is 0 Å². The average Bonchev–Trinajstić information content (AvgIpc) is 3.50. The highest BCUT2D eigenvalue weighted by molar-refractivity contribution is 6.30. The maximum atomic E-state index is 13.6. The summed E-state index contributed by atoms with van der Waals surface area (Å²) in [4.78, 5) is 19.9. The maximum Gasteiger partial charge on any atom is 0.271 e. The molecule has 2 aliphatic rings. The van der Waals surface area contributed by atoms with Crippen LogP contribution < -0.4 is 0 Å². The first-order valence-electron chi connectivity index (χ1n) is 10.8. The van der Waals surface area contributed by atoms with E-state index < -0.39 is 0 Å². The van der Waals surface area contributed by atoms with Gasteiger partial charge in [-0.1, -0.05) is 41.9 Å². The van der Waals surface area contributed by atoms with Gasteiger partial charge in [0.15, 0.2) is 0 Å². The lowest BCUT2D eigenvalue weighted by Crippen LogP contribution is -2.36. The van der Waals surface area contributed by atoms with E-state index in [1.54, 1.807) is 0 Å². The van der Waals surface area contributed by atoms with Crippen molar-refractivity contribution in [3.63, 3.8) is 0 Å². The quantitative estimate of drug-likeness (QED) is 0.370. The Morgan fingerprint density at radius 3 is 2.56 bits per heavy atom. The predicted molar refractivity (Wildman–Crippen MR) is 127 cm³/mol. The summed E-state index contributed by atoms with van der Waals surface area (Å²) in [5.41, 5.74) is 7.88. The minimum absolute atomic E-state index is 0.0473. The van der Waals surface area contributed by atoms with Crippen molar-refractivity contribution in [3.8, 4) is 27.9 Å². The van der Waals surface area contributed by atoms with E-state index >= 15 is 0 Å². The van der Waals surface area contributed by atoms with Gasteiger partial charge in [-0.2, -0.15) is 0 Å². The van der Waals surface area contributed by atoms with Gasteiger partial charge < -0.3 is 9.47 Å². The number of fused-ring (bicyclic) bond motifs is 4. The third kappa shape index (κ3) is 2.76. The van der Waals surface area contributed by atoms with Crippen LogP contribution in [0.3, 0.4) is 0 Å². The van der Waals surface area contributed by atoms with Crippen molar-refractivity contribution < 1.29 is 4.79 Å². The first-order chi connectivity index (χ1) is 15.5. The number of carbonyl (C=O) groups excluding carboxylic acids is 1. The number of aryl methyl sites for hydroxylation is 1. The summed E-state index contributed by atoms with van der Waals surface area (Å²) < 4.78 is 2.06. The van der Waals surface area contributed by atoms with E-state index in [4.69, 9.17) is 11.6 Å². The summed E-state index contributed by atoms with van der Waals surface area (Å²) in [6.07, 6.45) is 5.85. The second-order valence-electron chi connectivity index (χ2n) is 8.76. The van der Waals surface area contributed by atoms with Gasteiger partial charge in [-0.15, -0.1) is 0 Å². The second kappa shape index (κ2) is 6.81. The fourth-order valence-electron chi connectivity index (χ4n) is 5.00. The van der Waals surface area contributed by atoms with Crippen molar-refractivity contribution in [3.05, 3.63) is 95.0 Å². The smallest absolute Gasteiger partial charge is 0.271 e. The molecule has 0 atom stereocenters. The molecule has 1 aliphatic carbocycles. The van der Waals surface area contributed by atoms with Crippen LogP contribution in [0.5, 0.6) is 0 Å². The number of rotatable bonds is 2. The van der Waals surface area contributed by atoms with Crippen LogP contribution in [0, 0.1) is 6.92 Å². The highest BCUT2D eigenvalue weighted by atomic mass is 35.5. The Morgan fingerprint density at radius 2 is 1.81 bits per heavy atom. The molecule has 4 aromatic rings. The molecular weight excluding hydrogens is 418 g/mol. The molecule has 0 unspecified atom stereocenters. The standard InChI is InChI=1S/C27H22ClN3O/c1-17-22(7-4-12-29-17)19-8-9-23-24(14-19)31-16-20(18-5-3-6-21(28)13-18)15-25(31)26(32)30(2)27(23)10-11-27/h3-9,12-16H,10-11H2,1-2H3. The Kier molecular flexibility index (Phi) is 4.11. The molecule has 32 heavy (non-hydrogen) atoms. The molecule has 0 radical (unpaired) electrons. The number of halogens is 1. The van der Waals surface area contributed by atoms with E-state index in [0.29, 0.717) is 10.7 Å². The van der Waals surface area contributed by atoms with E-state index in [1.165, 1.54) is 5.56 Å². The Morgan fingerprint density at radius 1 is 0.969 bits per heavy atom. The van der Waals surface area contributed by atoms with Crippen LogP contribution in [0.15, 0.2) is 73.1 Å². The summed E-state index contributed by atoms with van der Waals surface area (Å²) in [5.74, 6) is 0.0473. The van der Waals surface area contributed by atoms with Crippen LogP contribution >= 0.6 is 11.6 Å². The van der Waals surface area contributed by atoms with Crippen molar-refractivity contribution in [1.82, 2.24) is 14.5 Å². The fourth-order valence-corrected chi connectivity index (χ4v) is 5.19. The van der Waals surface area contributed by atoms with Gasteiger partial charge in [0.2, 0.25) is 0 Å². The summed E-state index contributed by atoms with van der Waals surface area (Å²) >= 11 is 6.24. The van der Waals surface area contributed by atoms with E-state index in [1.807, 2.05) is 61.5 Å². The largest absolute Gasteiger partial charge is 0.331 e. The van der Waals surface area contributed by atoms with E-state index in [9.17, 15) is 4.79 Å². The zero-order chi connectivity index (χ0) is 22.0. The third-order valence-electron chi connectivity index (χ3n) is 6.94. The molecule has 6 rings (SSSR count). The van der Waals surface area contributed by atoms with Crippen molar-refractivity contribution in [2.24, 2.45) is 0 Å². The van der Waals surface area contributed by atoms with Crippen molar-refractivity contribution in [2.75, 3.05) is 7.05 Å². The Labute approximate surface area is 192 Å². The van der Waals surface area contributed by atoms with Gasteiger partial charge in [-0.25, -0.2) is 0 Å². The lowest BCUT2D eigenvalue weighted by atomic mass is 9.96. The van der Waals surface area contributed by atoms with Crippen LogP contribution in [0.25, 0.3) is 27.9 Å². The molecule has 0 N–H and O–H groups in total. The fraction of sp³-hybridized carbons (Fsp3) is 0.185. The number of carbonyl (C=O) groups is 1. The van der Waals surface area contributed by atoms with Gasteiger partial charge in [0.05, 0.1) is 11.2 Å². The van der Waals surface area contributed by atoms with Crippen molar-refractivity contribution in [1.29, 1.82) is 0 Å². The Hall–Kier alpha value is -3.37. The predicted octanol–water partition coefficient (Wildman–Crippen LogP) is 6.24. The first-order valence-corrected chi connectivity index (χ1v) is 11.2. The molecule has 3 heterocycles. The third-order valence-corrected chi connectivity index (χ3v) is 7.18. The first kappa shape index (κ1) is 19.3. The van der Waals surface area contributed by atoms with E-state index in [-0.39, 0.29) is 11.4 Å². The molecule has 1 saturated carbocycles. The maximum absolute atomic E-state index is 13.6. The normalized spacial score (nSPS) is 16.0. The van der Waals surface area contributed by atoms with E-state index in [2.05, 4.69) is 40.0 Å². The minimum Gasteiger partial charge on any atom is -0.331 e. The number of benzene rings is 2. The highest BCUT2D eigenvalue weighted by Gasteiger charge is 2.53. The molecule has 1 fully saturated rings. The van der Waals surface area contributed by atoms with Gasteiger partial charge in [0, 0.05) is 46.8 Å². The number of hydrogen-bond donors (Lipinski definition) is 0. The second-order valence-corrected chi connectivity index (χ2v) is 9.19. The molecule has 5 heteroatoms. The van der Waals surface area contributed by atoms with Crippen LogP contribution in [-0.4, -0.2) is 27.4 Å². The zero-order valence-electron chi connectivity index (χ0n) is 18.0. The molecule has 0 saturated heterocycles. The molecule has 0 bridgehead atoms. The minimum atomic E-state index is -0.218. The molecule has 1 aliphatic heterocycles. The molecular formula is C27H22ClN3O. The molecule has 1 spiro atoms. The van der Waals surface area contributed by atoms with Crippen LogP contribution in [0.1, 0.15) is 34.6 Å². The lowest BCUT2D eigenvalue weighted by molar-refractivity contribution is 0.0705. The van der Waals surface area contributed by atoms with Crippen LogP contribution in [-0.2, 0) is 5.54 Å². The molecule has 4 nitrogen and oxygen atoms in total. The number of nitrogens with zero attached hydrogens (tertiary/aromatic N) is 3. The summed E-state index contributed by atoms with van der Waals surface area (Å²) in [7, 11) is 1.93. The van der Waals surface area contributed by atoms with Gasteiger partial charge in [-0.3, -0.25) is 9.78 Å². The molecule has 158 valence electrons. The van der Waals surface area contributed by atoms with Gasteiger partial charge in [0.25, 0.3) is 5.91 Å². The Bertz CT molecular complexity index is 1400. The van der Waals surface area contributed by atoms with E-state index in [0.717, 1.165) is 46.5 Å². The Balaban J connectivity index is 1.60. The average molecular weight is 440 g/mol. The van der Waals surface area contributed by atoms with Crippen molar-refractivity contribution >= 4 is 17.5 Å². The summed E-state index contributed by atoms with van der Waals surface area (Å²) in [6, 6.07) is 20.4. The zero-order valence-corrected chi connectivity index (χ0v) is 18.7. The molecule has 2 aromatic carbocycles.